The average molecular weight is 1770 g/mol. The molecular weight excluding hydrogens is 1670 g/mol. The second-order valence-corrected chi connectivity index (χ2v) is 36.0. The van der Waals surface area contributed by atoms with E-state index in [1.54, 1.807) is 51.2 Å². The third kappa shape index (κ3) is 19.7. The fourth-order valence-corrected chi connectivity index (χ4v) is 19.1. The minimum atomic E-state index is -0.185. The molecule has 0 radical (unpaired) electrons. The maximum atomic E-state index is 12.8. The molecule has 3 saturated heterocycles. The van der Waals surface area contributed by atoms with Gasteiger partial charge in [0.25, 0.3) is 0 Å². The van der Waals surface area contributed by atoms with E-state index in [2.05, 4.69) is 144 Å². The summed E-state index contributed by atoms with van der Waals surface area (Å²) in [6.45, 7) is 22.5. The zero-order chi connectivity index (χ0) is 87.3. The Kier molecular flexibility index (Phi) is 24.4. The van der Waals surface area contributed by atoms with Gasteiger partial charge in [-0.05, 0) is 204 Å². The van der Waals surface area contributed by atoms with Crippen molar-refractivity contribution in [1.82, 2.24) is 115 Å². The number of benzene rings is 3. The molecule has 21 rings (SSSR count). The number of carbonyl (C=O) groups is 3. The number of rotatable bonds is 24. The molecule has 15 aromatic heterocycles. The molecule has 0 aliphatic carbocycles. The van der Waals surface area contributed by atoms with Crippen LogP contribution in [0.5, 0.6) is 0 Å². The number of hydrogen-bond acceptors (Lipinski definition) is 26. The Labute approximate surface area is 748 Å². The second-order valence-electron chi connectivity index (χ2n) is 33.6. The second kappa shape index (κ2) is 37.3. The molecule has 3 unspecified atom stereocenters. The molecule has 33 nitrogen and oxygen atoms in total. The van der Waals surface area contributed by atoms with Gasteiger partial charge in [-0.2, -0.15) is 28.4 Å². The van der Waals surface area contributed by atoms with Crippen LogP contribution in [-0.2, 0) is 53.7 Å². The molecule has 3 aliphatic heterocycles. The Bertz CT molecular complexity index is 6760. The topological polar surface area (TPSA) is 357 Å². The first-order valence-corrected chi connectivity index (χ1v) is 45.4. The van der Waals surface area contributed by atoms with Crippen LogP contribution in [0, 0.1) is 38.5 Å². The van der Waals surface area contributed by atoms with Crippen LogP contribution in [0.1, 0.15) is 93.5 Å². The van der Waals surface area contributed by atoms with E-state index in [0.29, 0.717) is 40.1 Å². The van der Waals surface area contributed by atoms with Gasteiger partial charge in [-0.15, -0.1) is 0 Å². The maximum absolute atomic E-state index is 12.8. The normalized spacial score (nSPS) is 15.8. The zero-order valence-corrected chi connectivity index (χ0v) is 74.1. The monoisotopic (exact) mass is 1760 g/mol. The van der Waals surface area contributed by atoms with Gasteiger partial charge in [0.05, 0.1) is 117 Å². The van der Waals surface area contributed by atoms with Crippen LogP contribution in [0.15, 0.2) is 196 Å². The molecule has 128 heavy (non-hydrogen) atoms. The molecule has 18 heterocycles. The number of pyridine rings is 2. The fraction of sp³-hybridized carbons (Fsp3) is 0.293. The Hall–Kier alpha value is -13.9. The summed E-state index contributed by atoms with van der Waals surface area (Å²) in [7, 11) is 0. The van der Waals surface area contributed by atoms with Gasteiger partial charge in [-0.1, -0.05) is 51.1 Å². The summed E-state index contributed by atoms with van der Waals surface area (Å²) in [4.78, 5) is 86.0. The number of H-pyrrole nitrogens is 1. The first-order valence-electron chi connectivity index (χ1n) is 43.0. The molecule has 0 spiro atoms. The number of para-hydroxylation sites is 1. The lowest BCUT2D eigenvalue weighted by Crippen LogP contribution is -2.33. The van der Waals surface area contributed by atoms with Crippen molar-refractivity contribution in [3.05, 3.63) is 230 Å². The van der Waals surface area contributed by atoms with Gasteiger partial charge in [-0.25, -0.2) is 29.9 Å². The summed E-state index contributed by atoms with van der Waals surface area (Å²) >= 11 is 4.33. The predicted octanol–water partition coefficient (Wildman–Crippen LogP) is 16.5. The van der Waals surface area contributed by atoms with Crippen molar-refractivity contribution >= 4 is 151 Å². The van der Waals surface area contributed by atoms with Crippen LogP contribution in [0.4, 0.5) is 49.5 Å². The number of hydrogen-bond donors (Lipinski definition) is 7. The van der Waals surface area contributed by atoms with E-state index in [9.17, 15) is 14.4 Å². The van der Waals surface area contributed by atoms with E-state index < -0.39 is 0 Å². The van der Waals surface area contributed by atoms with Crippen molar-refractivity contribution in [3.63, 3.8) is 0 Å². The van der Waals surface area contributed by atoms with E-state index in [4.69, 9.17) is 15.0 Å². The van der Waals surface area contributed by atoms with Crippen LogP contribution in [0.3, 0.4) is 0 Å². The summed E-state index contributed by atoms with van der Waals surface area (Å²) in [5.74, 6) is 3.73. The largest absolute Gasteiger partial charge is 0.361 e. The summed E-state index contributed by atoms with van der Waals surface area (Å²) in [6, 6.07) is 33.3. The smallest absolute Gasteiger partial charge is 0.246 e. The SMILES string of the molecule is Cc1cn2c(-c3cnn(CC(=O)Nc4ccc5ncccc5c4)c3)cnc2c(Nc2cc(CN3CCCC(C)C3)ns2)n1.Cc1cn2c(-c3cnn(CC(=O)Nc4cccc5[nH]ccc45)c3)cnc2c(Nc2cc(CN3CCCC(C)C3)ns2)n1.Cc1cn2c(-c3cnn(CC(=O)Nc4cnc5ccccc5c4)c3)cnc2c(Nc2cc(CN3CCCC(C)C3)ns2)n1. The molecular formula is C92H96N30O3S3. The Morgan fingerprint density at radius 3 is 1.33 bits per heavy atom. The third-order valence-electron chi connectivity index (χ3n) is 23.0. The van der Waals surface area contributed by atoms with Gasteiger partial charge in [0.2, 0.25) is 17.7 Å². The lowest BCUT2D eigenvalue weighted by atomic mass is 10.0. The van der Waals surface area contributed by atoms with Crippen LogP contribution in [0.25, 0.3) is 83.4 Å². The summed E-state index contributed by atoms with van der Waals surface area (Å²) in [6.07, 6.45) is 35.1. The molecule has 36 heteroatoms. The van der Waals surface area contributed by atoms with Crippen LogP contribution in [0.2, 0.25) is 0 Å². The summed E-state index contributed by atoms with van der Waals surface area (Å²) in [5.41, 5.74) is 17.9. The molecule has 0 bridgehead atoms. The number of aromatic nitrogens is 21. The molecule has 3 aliphatic rings. The molecule has 3 amide bonds. The Morgan fingerprint density at radius 1 is 0.430 bits per heavy atom. The van der Waals surface area contributed by atoms with Crippen molar-refractivity contribution in [2.24, 2.45) is 17.8 Å². The van der Waals surface area contributed by atoms with E-state index in [1.165, 1.54) is 73.1 Å². The number of nitrogens with one attached hydrogen (secondary N) is 7. The summed E-state index contributed by atoms with van der Waals surface area (Å²) < 4.78 is 25.0. The van der Waals surface area contributed by atoms with Gasteiger partial charge < -0.3 is 36.9 Å². The number of fused-ring (bicyclic) bond motifs is 6. The highest BCUT2D eigenvalue weighted by Gasteiger charge is 2.25. The fourth-order valence-electron chi connectivity index (χ4n) is 17.1. The molecule has 650 valence electrons. The number of carbonyl (C=O) groups excluding carboxylic acids is 3. The van der Waals surface area contributed by atoms with Gasteiger partial charge in [0.15, 0.2) is 34.4 Å². The number of nitrogens with zero attached hydrogens (tertiary/aromatic N) is 23. The quantitative estimate of drug-likeness (QED) is 0.0295. The van der Waals surface area contributed by atoms with E-state index in [0.717, 1.165) is 204 Å². The molecule has 7 N–H and O–H groups in total. The number of amides is 3. The highest BCUT2D eigenvalue weighted by Crippen LogP contribution is 2.35. The van der Waals surface area contributed by atoms with Gasteiger partial charge in [-0.3, -0.25) is 66.3 Å². The lowest BCUT2D eigenvalue weighted by molar-refractivity contribution is -0.117. The highest BCUT2D eigenvalue weighted by atomic mass is 32.1. The maximum Gasteiger partial charge on any atom is 0.246 e. The summed E-state index contributed by atoms with van der Waals surface area (Å²) in [5, 5.41) is 38.3. The Morgan fingerprint density at radius 2 is 0.859 bits per heavy atom. The predicted molar refractivity (Wildman–Crippen MR) is 502 cm³/mol. The minimum absolute atomic E-state index is 0.0704. The first-order chi connectivity index (χ1) is 62.4. The average Bonchev–Trinajstić information content (AvgIpc) is 1.63. The zero-order valence-electron chi connectivity index (χ0n) is 71.7. The number of imidazole rings is 3. The Balaban J connectivity index is 0.000000125. The van der Waals surface area contributed by atoms with Crippen molar-refractivity contribution in [2.75, 3.05) is 71.2 Å². The van der Waals surface area contributed by atoms with E-state index >= 15 is 0 Å². The number of aromatic amines is 1. The van der Waals surface area contributed by atoms with Crippen molar-refractivity contribution < 1.29 is 14.4 Å². The lowest BCUT2D eigenvalue weighted by Gasteiger charge is -2.30. The van der Waals surface area contributed by atoms with E-state index in [1.807, 2.05) is 175 Å². The number of piperidine rings is 3. The number of anilines is 9. The molecule has 3 aromatic carbocycles. The third-order valence-corrected chi connectivity index (χ3v) is 25.2. The minimum Gasteiger partial charge on any atom is -0.361 e. The molecule has 0 saturated carbocycles. The van der Waals surface area contributed by atoms with Gasteiger partial charge in [0, 0.05) is 133 Å². The molecule has 18 aromatic rings. The van der Waals surface area contributed by atoms with Gasteiger partial charge in [0.1, 0.15) is 34.6 Å². The first kappa shape index (κ1) is 83.6. The van der Waals surface area contributed by atoms with Crippen molar-refractivity contribution in [3.8, 4) is 33.8 Å². The highest BCUT2D eigenvalue weighted by molar-refractivity contribution is 7.10. The molecule has 3 fully saturated rings. The van der Waals surface area contributed by atoms with Crippen LogP contribution < -0.4 is 31.9 Å². The van der Waals surface area contributed by atoms with E-state index in [-0.39, 0.29) is 37.4 Å². The number of likely N-dealkylation sites (tertiary alicyclic amines) is 3. The van der Waals surface area contributed by atoms with Crippen LogP contribution >= 0.6 is 34.6 Å². The number of aryl methyl sites for hydroxylation is 3. The van der Waals surface area contributed by atoms with Gasteiger partial charge >= 0.3 is 0 Å². The standard InChI is InChI=1S/2C31H32N10OS.C30H32N10OS/c1-20-5-4-10-39(15-20)18-25-12-29(43-38-25)37-30-31-33-14-27(41(31)16-21(2)35-30)23-13-34-40(17-23)19-28(42)36-24-7-8-26-22(11-24)6-3-9-32-26;1-20-6-5-9-39(15-20)18-25-11-29(43-38-25)37-30-31-33-14-27(41(31)16-21(2)35-30)23-12-34-40(17-23)19-28(42)36-24-10-22-7-3-4-8-26(22)32-13-24;1-19-5-4-10-38(14-19)17-22-11-28(42-37-22)36-29-30-32-13-26(40(30)15-20(2)34-29)21-12-33-39(16-21)18-27(41)35-25-7-3-6-24-23(25)8-9-31-24/h3,6-9,11-14,16-17,20H,4-5,10,15,18-19H2,1-2H3,(H,35,37)(H,36,42);3-4,7-8,10-14,16-17,20H,5-6,9,15,18-19H2,1-2H3,(H,35,37)(H,36,42);3,6-9,11-13,15-16,19,31H,4-5,10,14,17-18H2,1-2H3,(H,34,36)(H,35,41). The van der Waals surface area contributed by atoms with Crippen molar-refractivity contribution in [2.45, 2.75) is 119 Å². The van der Waals surface area contributed by atoms with Crippen molar-refractivity contribution in [1.29, 1.82) is 0 Å². The van der Waals surface area contributed by atoms with Crippen LogP contribution in [-0.4, -0.2) is 172 Å². The molecule has 3 atom stereocenters.